The highest BCUT2D eigenvalue weighted by atomic mass is 35.5. The van der Waals surface area contributed by atoms with Gasteiger partial charge in [-0.3, -0.25) is 4.79 Å². The number of nitrogens with zero attached hydrogens (tertiary/aromatic N) is 1. The monoisotopic (exact) mass is 308 g/mol. The predicted molar refractivity (Wildman–Crippen MR) is 81.5 cm³/mol. The van der Waals surface area contributed by atoms with Crippen LogP contribution in [-0.2, 0) is 6.42 Å². The van der Waals surface area contributed by atoms with Crippen LogP contribution in [0.15, 0.2) is 36.4 Å². The lowest BCUT2D eigenvalue weighted by Gasteiger charge is -2.07. The smallest absolute Gasteiger partial charge is 0.271 e. The van der Waals surface area contributed by atoms with Crippen molar-refractivity contribution < 1.29 is 4.79 Å². The van der Waals surface area contributed by atoms with Gasteiger partial charge >= 0.3 is 0 Å². The molecule has 1 aromatic heterocycles. The quantitative estimate of drug-likeness (QED) is 0.876. The molecule has 0 unspecified atom stereocenters. The minimum atomic E-state index is -0.315. The molecule has 3 nitrogen and oxygen atoms in total. The third-order valence-electron chi connectivity index (χ3n) is 2.81. The number of carbonyl (C=O) groups excluding carboxylic acids is 1. The van der Waals surface area contributed by atoms with Gasteiger partial charge < -0.3 is 5.32 Å². The van der Waals surface area contributed by atoms with Gasteiger partial charge in [-0.05, 0) is 31.0 Å². The van der Waals surface area contributed by atoms with Crippen LogP contribution >= 0.6 is 23.2 Å². The molecule has 0 spiro atoms. The maximum Gasteiger partial charge on any atom is 0.271 e. The summed E-state index contributed by atoms with van der Waals surface area (Å²) in [5.41, 5.74) is 2.53. The zero-order valence-corrected chi connectivity index (χ0v) is 12.5. The fourth-order valence-corrected chi connectivity index (χ4v) is 2.19. The maximum absolute atomic E-state index is 12.0. The summed E-state index contributed by atoms with van der Waals surface area (Å²) in [5.74, 6) is -0.315. The van der Waals surface area contributed by atoms with Gasteiger partial charge in [0.05, 0.1) is 5.02 Å². The Labute approximate surface area is 127 Å². The average molecular weight is 309 g/mol. The van der Waals surface area contributed by atoms with E-state index in [-0.39, 0.29) is 16.8 Å². The Balaban J connectivity index is 1.94. The lowest BCUT2D eigenvalue weighted by molar-refractivity contribution is 0.0949. The minimum absolute atomic E-state index is 0.156. The van der Waals surface area contributed by atoms with E-state index in [0.29, 0.717) is 11.6 Å². The summed E-state index contributed by atoms with van der Waals surface area (Å²) < 4.78 is 0. The van der Waals surface area contributed by atoms with Crippen molar-refractivity contribution in [2.45, 2.75) is 13.3 Å². The largest absolute Gasteiger partial charge is 0.350 e. The molecular weight excluding hydrogens is 295 g/mol. The molecule has 104 valence electrons. The molecule has 2 rings (SSSR count). The van der Waals surface area contributed by atoms with Gasteiger partial charge in [0.2, 0.25) is 0 Å². The molecule has 2 aromatic rings. The number of aryl methyl sites for hydroxylation is 1. The second-order valence-electron chi connectivity index (χ2n) is 4.46. The number of amides is 1. The number of halogens is 2. The topological polar surface area (TPSA) is 42.0 Å². The van der Waals surface area contributed by atoms with E-state index in [0.717, 1.165) is 6.42 Å². The molecule has 0 radical (unpaired) electrons. The summed E-state index contributed by atoms with van der Waals surface area (Å²) in [4.78, 5) is 15.9. The van der Waals surface area contributed by atoms with Crippen LogP contribution in [0.1, 0.15) is 21.6 Å². The van der Waals surface area contributed by atoms with E-state index in [2.05, 4.69) is 16.4 Å². The summed E-state index contributed by atoms with van der Waals surface area (Å²) in [6.07, 6.45) is 0.756. The van der Waals surface area contributed by atoms with Crippen LogP contribution in [0.2, 0.25) is 10.2 Å². The Morgan fingerprint density at radius 2 is 2.05 bits per heavy atom. The number of benzene rings is 1. The van der Waals surface area contributed by atoms with E-state index in [4.69, 9.17) is 23.2 Å². The number of aromatic nitrogens is 1. The van der Waals surface area contributed by atoms with Crippen molar-refractivity contribution >= 4 is 29.1 Å². The van der Waals surface area contributed by atoms with Crippen molar-refractivity contribution in [1.82, 2.24) is 10.3 Å². The highest BCUT2D eigenvalue weighted by Gasteiger charge is 2.12. The highest BCUT2D eigenvalue weighted by Crippen LogP contribution is 2.16. The van der Waals surface area contributed by atoms with Crippen molar-refractivity contribution in [3.05, 3.63) is 63.4 Å². The lowest BCUT2D eigenvalue weighted by Crippen LogP contribution is -2.26. The Bertz CT molecular complexity index is 629. The second kappa shape index (κ2) is 6.73. The molecule has 1 heterocycles. The number of nitrogens with one attached hydrogen (secondary N) is 1. The van der Waals surface area contributed by atoms with Crippen molar-refractivity contribution in [2.75, 3.05) is 6.54 Å². The van der Waals surface area contributed by atoms with Crippen molar-refractivity contribution in [2.24, 2.45) is 0 Å². The molecular formula is C15H14Cl2N2O. The van der Waals surface area contributed by atoms with Crippen molar-refractivity contribution in [1.29, 1.82) is 0 Å². The van der Waals surface area contributed by atoms with E-state index in [9.17, 15) is 4.79 Å². The van der Waals surface area contributed by atoms with E-state index >= 15 is 0 Å². The van der Waals surface area contributed by atoms with E-state index in [1.165, 1.54) is 11.1 Å². The molecule has 0 fully saturated rings. The SMILES string of the molecule is Cc1cccc(CCNC(=O)c2nc(Cl)ccc2Cl)c1. The van der Waals surface area contributed by atoms with Crippen LogP contribution in [0.3, 0.4) is 0 Å². The van der Waals surface area contributed by atoms with Gasteiger partial charge in [-0.25, -0.2) is 4.98 Å². The number of hydrogen-bond acceptors (Lipinski definition) is 2. The molecule has 0 bridgehead atoms. The average Bonchev–Trinajstić information content (AvgIpc) is 2.41. The van der Waals surface area contributed by atoms with Crippen LogP contribution in [-0.4, -0.2) is 17.4 Å². The van der Waals surface area contributed by atoms with Gasteiger partial charge in [-0.2, -0.15) is 0 Å². The van der Waals surface area contributed by atoms with Gasteiger partial charge in [0.15, 0.2) is 0 Å². The molecule has 5 heteroatoms. The standard InChI is InChI=1S/C15H14Cl2N2O/c1-10-3-2-4-11(9-10)7-8-18-15(20)14-12(16)5-6-13(17)19-14/h2-6,9H,7-8H2,1H3,(H,18,20). The van der Waals surface area contributed by atoms with Crippen molar-refractivity contribution in [3.8, 4) is 0 Å². The van der Waals surface area contributed by atoms with Crippen LogP contribution in [0.4, 0.5) is 0 Å². The van der Waals surface area contributed by atoms with Gasteiger partial charge in [0.1, 0.15) is 10.8 Å². The van der Waals surface area contributed by atoms with Crippen LogP contribution in [0, 0.1) is 6.92 Å². The second-order valence-corrected chi connectivity index (χ2v) is 5.25. The maximum atomic E-state index is 12.0. The highest BCUT2D eigenvalue weighted by molar-refractivity contribution is 6.34. The van der Waals surface area contributed by atoms with Gasteiger partial charge in [-0.15, -0.1) is 0 Å². The summed E-state index contributed by atoms with van der Waals surface area (Å²) in [6.45, 7) is 2.56. The fourth-order valence-electron chi connectivity index (χ4n) is 1.85. The molecule has 0 aliphatic rings. The predicted octanol–water partition coefficient (Wildman–Crippen LogP) is 3.67. The molecule has 0 saturated heterocycles. The number of rotatable bonds is 4. The Hall–Kier alpha value is -1.58. The molecule has 0 aliphatic heterocycles. The number of pyridine rings is 1. The molecule has 0 aliphatic carbocycles. The number of carbonyl (C=O) groups is 1. The lowest BCUT2D eigenvalue weighted by atomic mass is 10.1. The Kier molecular flexibility index (Phi) is 4.99. The van der Waals surface area contributed by atoms with Gasteiger partial charge in [-0.1, -0.05) is 53.0 Å². The molecule has 0 saturated carbocycles. The summed E-state index contributed by atoms with van der Waals surface area (Å²) in [6, 6.07) is 11.3. The zero-order valence-electron chi connectivity index (χ0n) is 11.0. The fraction of sp³-hybridized carbons (Fsp3) is 0.200. The number of hydrogen-bond donors (Lipinski definition) is 1. The molecule has 20 heavy (non-hydrogen) atoms. The van der Waals surface area contributed by atoms with E-state index in [1.807, 2.05) is 25.1 Å². The summed E-state index contributed by atoms with van der Waals surface area (Å²) in [7, 11) is 0. The Morgan fingerprint density at radius 3 is 2.80 bits per heavy atom. The first-order valence-corrected chi connectivity index (χ1v) is 6.97. The molecule has 1 aromatic carbocycles. The Morgan fingerprint density at radius 1 is 1.25 bits per heavy atom. The first-order valence-electron chi connectivity index (χ1n) is 6.22. The summed E-state index contributed by atoms with van der Waals surface area (Å²) in [5, 5.41) is 3.33. The first-order chi connectivity index (χ1) is 9.56. The van der Waals surface area contributed by atoms with Gasteiger partial charge in [0, 0.05) is 6.54 Å². The zero-order chi connectivity index (χ0) is 14.5. The van der Waals surface area contributed by atoms with Gasteiger partial charge in [0.25, 0.3) is 5.91 Å². The van der Waals surface area contributed by atoms with E-state index in [1.54, 1.807) is 12.1 Å². The first kappa shape index (κ1) is 14.8. The summed E-state index contributed by atoms with van der Waals surface area (Å²) >= 11 is 11.7. The van der Waals surface area contributed by atoms with E-state index < -0.39 is 0 Å². The van der Waals surface area contributed by atoms with Crippen LogP contribution in [0.5, 0.6) is 0 Å². The van der Waals surface area contributed by atoms with Crippen LogP contribution < -0.4 is 5.32 Å². The normalized spacial score (nSPS) is 10.3. The molecule has 0 atom stereocenters. The third kappa shape index (κ3) is 3.95. The van der Waals surface area contributed by atoms with Crippen molar-refractivity contribution in [3.63, 3.8) is 0 Å². The molecule has 1 N–H and O–H groups in total. The van der Waals surface area contributed by atoms with Crippen LogP contribution in [0.25, 0.3) is 0 Å². The molecule has 1 amide bonds. The third-order valence-corrected chi connectivity index (χ3v) is 3.32. The minimum Gasteiger partial charge on any atom is -0.350 e.